The molecule has 3 heterocycles. The predicted molar refractivity (Wildman–Crippen MR) is 91.4 cm³/mol. The normalized spacial score (nSPS) is 12.4. The van der Waals surface area contributed by atoms with Crippen molar-refractivity contribution >= 4 is 5.65 Å². The Morgan fingerprint density at radius 1 is 1.21 bits per heavy atom. The molecule has 3 aromatic rings. The van der Waals surface area contributed by atoms with Gasteiger partial charge in [0.15, 0.2) is 0 Å². The summed E-state index contributed by atoms with van der Waals surface area (Å²) in [6, 6.07) is 2.99. The monoisotopic (exact) mass is 418 g/mol. The molecule has 0 N–H and O–H groups in total. The van der Waals surface area contributed by atoms with Gasteiger partial charge in [-0.05, 0) is 13.0 Å². The Morgan fingerprint density at radius 3 is 2.55 bits per heavy atom. The first kappa shape index (κ1) is 20.6. The second-order valence-electron chi connectivity index (χ2n) is 5.95. The Hall–Kier alpha value is -3.18. The second-order valence-corrected chi connectivity index (χ2v) is 5.95. The summed E-state index contributed by atoms with van der Waals surface area (Å²) in [4.78, 5) is 17.1. The Bertz CT molecular complexity index is 1090. The predicted octanol–water partition coefficient (Wildman–Crippen LogP) is 3.16. The van der Waals surface area contributed by atoms with E-state index in [1.807, 2.05) is 0 Å². The van der Waals surface area contributed by atoms with Crippen LogP contribution < -0.4 is 15.0 Å². The first-order chi connectivity index (χ1) is 13.6. The third-order valence-electron chi connectivity index (χ3n) is 3.98. The van der Waals surface area contributed by atoms with Crippen LogP contribution in [0, 0.1) is 0 Å². The fourth-order valence-corrected chi connectivity index (χ4v) is 2.59. The maximum Gasteiger partial charge on any atom is 0.455 e. The summed E-state index contributed by atoms with van der Waals surface area (Å²) in [6.45, 7) is 0.0615. The molecule has 7 nitrogen and oxygen atoms in total. The molecule has 29 heavy (non-hydrogen) atoms. The first-order valence-electron chi connectivity index (χ1n) is 8.28. The number of pyridine rings is 1. The highest BCUT2D eigenvalue weighted by Crippen LogP contribution is 2.37. The van der Waals surface area contributed by atoms with E-state index in [-0.39, 0.29) is 29.3 Å². The van der Waals surface area contributed by atoms with Crippen LogP contribution in [-0.4, -0.2) is 45.0 Å². The van der Waals surface area contributed by atoms with Crippen molar-refractivity contribution in [3.63, 3.8) is 0 Å². The highest BCUT2D eigenvalue weighted by molar-refractivity contribution is 5.68. The molecule has 0 amide bonds. The van der Waals surface area contributed by atoms with Crippen LogP contribution in [0.15, 0.2) is 35.5 Å². The molecule has 0 saturated heterocycles. The van der Waals surface area contributed by atoms with Crippen molar-refractivity contribution in [3.8, 4) is 22.8 Å². The summed E-state index contributed by atoms with van der Waals surface area (Å²) in [5, 5.41) is 3.53. The molecule has 0 fully saturated rings. The zero-order chi connectivity index (χ0) is 21.4. The number of fused-ring (bicyclic) bond motifs is 1. The van der Waals surface area contributed by atoms with Gasteiger partial charge in [0.05, 0.1) is 19.9 Å². The lowest BCUT2D eigenvalue weighted by Gasteiger charge is -2.19. The van der Waals surface area contributed by atoms with Crippen LogP contribution >= 0.6 is 0 Å². The maximum absolute atomic E-state index is 13.3. The van der Waals surface area contributed by atoms with Crippen molar-refractivity contribution in [1.29, 1.82) is 0 Å². The molecule has 0 aliphatic rings. The zero-order valence-corrected chi connectivity index (χ0v) is 15.2. The topological polar surface area (TPSA) is 70.7 Å². The van der Waals surface area contributed by atoms with Gasteiger partial charge in [0.2, 0.25) is 5.88 Å². The Morgan fingerprint density at radius 2 is 1.93 bits per heavy atom. The molecular formula is C17H15F5N4O3. The quantitative estimate of drug-likeness (QED) is 0.576. The lowest BCUT2D eigenvalue weighted by atomic mass is 10.2. The molecule has 3 aromatic heterocycles. The third-order valence-corrected chi connectivity index (χ3v) is 3.98. The van der Waals surface area contributed by atoms with Gasteiger partial charge in [-0.15, -0.1) is 0 Å². The van der Waals surface area contributed by atoms with Gasteiger partial charge in [-0.25, -0.2) is 0 Å². The molecule has 0 radical (unpaired) electrons. The first-order valence-corrected chi connectivity index (χ1v) is 8.28. The van der Waals surface area contributed by atoms with E-state index in [0.29, 0.717) is 10.4 Å². The number of halogens is 5. The van der Waals surface area contributed by atoms with E-state index in [1.165, 1.54) is 29.8 Å². The maximum atomic E-state index is 13.3. The van der Waals surface area contributed by atoms with Crippen LogP contribution in [0.25, 0.3) is 16.8 Å². The minimum absolute atomic E-state index is 0.00542. The summed E-state index contributed by atoms with van der Waals surface area (Å²) in [5.74, 6) is -4.64. The van der Waals surface area contributed by atoms with Gasteiger partial charge in [-0.1, -0.05) is 0 Å². The number of alkyl halides is 5. The fourth-order valence-electron chi connectivity index (χ4n) is 2.59. The van der Waals surface area contributed by atoms with E-state index in [1.54, 1.807) is 6.92 Å². The summed E-state index contributed by atoms with van der Waals surface area (Å²) < 4.78 is 75.9. The van der Waals surface area contributed by atoms with Crippen molar-refractivity contribution in [2.24, 2.45) is 0 Å². The third kappa shape index (κ3) is 3.87. The highest BCUT2D eigenvalue weighted by atomic mass is 19.4. The molecule has 0 spiro atoms. The Balaban J connectivity index is 2.10. The van der Waals surface area contributed by atoms with Crippen molar-refractivity contribution in [1.82, 2.24) is 19.2 Å². The van der Waals surface area contributed by atoms with E-state index in [2.05, 4.69) is 10.1 Å². The second kappa shape index (κ2) is 7.33. The number of aromatic nitrogens is 4. The molecule has 0 aliphatic heterocycles. The van der Waals surface area contributed by atoms with E-state index in [0.717, 1.165) is 12.4 Å². The lowest BCUT2D eigenvalue weighted by molar-refractivity contribution is -0.287. The summed E-state index contributed by atoms with van der Waals surface area (Å²) in [7, 11) is 1.44. The average Bonchev–Trinajstić information content (AvgIpc) is 3.08. The molecule has 156 valence electrons. The fraction of sp³-hybridized carbons (Fsp3) is 0.353. The van der Waals surface area contributed by atoms with Crippen LogP contribution in [-0.2, 0) is 6.54 Å². The minimum atomic E-state index is -5.72. The van der Waals surface area contributed by atoms with E-state index < -0.39 is 24.2 Å². The lowest BCUT2D eigenvalue weighted by Crippen LogP contribution is -2.40. The zero-order valence-electron chi connectivity index (χ0n) is 15.2. The molecule has 12 heteroatoms. The Labute approximate surface area is 160 Å². The van der Waals surface area contributed by atoms with E-state index in [4.69, 9.17) is 9.47 Å². The molecule has 0 atom stereocenters. The van der Waals surface area contributed by atoms with E-state index >= 15 is 0 Å². The van der Waals surface area contributed by atoms with Gasteiger partial charge in [-0.3, -0.25) is 13.9 Å². The number of ether oxygens (including phenoxy) is 2. The summed E-state index contributed by atoms with van der Waals surface area (Å²) in [5.41, 5.74) is -0.522. The van der Waals surface area contributed by atoms with E-state index in [9.17, 15) is 26.7 Å². The standard InChI is InChI=1S/C17H15F5N4O3/c1-3-29-14-13(15(27)26-5-4-11(28-2)6-12(26)24-14)10-7-23-25(8-10)9-16(18,19)17(20,21)22/h4-8H,3,9H2,1-2H3. The molecule has 0 aliphatic carbocycles. The number of rotatable bonds is 6. The van der Waals surface area contributed by atoms with Gasteiger partial charge < -0.3 is 9.47 Å². The minimum Gasteiger partial charge on any atom is -0.497 e. The SMILES string of the molecule is CCOc1nc2cc(OC)ccn2c(=O)c1-c1cnn(CC(F)(F)C(F)(F)F)c1. The van der Waals surface area contributed by atoms with Crippen LogP contribution in [0.3, 0.4) is 0 Å². The Kier molecular flexibility index (Phi) is 5.20. The van der Waals surface area contributed by atoms with Gasteiger partial charge in [-0.2, -0.15) is 32.0 Å². The van der Waals surface area contributed by atoms with Crippen LogP contribution in [0.5, 0.6) is 11.6 Å². The molecule has 3 rings (SSSR count). The van der Waals surface area contributed by atoms with Crippen molar-refractivity contribution in [3.05, 3.63) is 41.1 Å². The van der Waals surface area contributed by atoms with Crippen molar-refractivity contribution in [2.75, 3.05) is 13.7 Å². The smallest absolute Gasteiger partial charge is 0.455 e. The van der Waals surface area contributed by atoms with Gasteiger partial charge >= 0.3 is 12.1 Å². The van der Waals surface area contributed by atoms with Crippen molar-refractivity contribution in [2.45, 2.75) is 25.6 Å². The highest BCUT2D eigenvalue weighted by Gasteiger charge is 2.57. The molecule has 0 saturated carbocycles. The van der Waals surface area contributed by atoms with Gasteiger partial charge in [0.25, 0.3) is 5.56 Å². The summed E-state index contributed by atoms with van der Waals surface area (Å²) >= 11 is 0. The molecule has 0 bridgehead atoms. The summed E-state index contributed by atoms with van der Waals surface area (Å²) in [6.07, 6.45) is -2.41. The van der Waals surface area contributed by atoms with Crippen LogP contribution in [0.1, 0.15) is 6.92 Å². The number of hydrogen-bond donors (Lipinski definition) is 0. The van der Waals surface area contributed by atoms with Crippen molar-refractivity contribution < 1.29 is 31.4 Å². The average molecular weight is 418 g/mol. The van der Waals surface area contributed by atoms with Crippen LogP contribution in [0.2, 0.25) is 0 Å². The van der Waals surface area contributed by atoms with Crippen LogP contribution in [0.4, 0.5) is 22.0 Å². The molecule has 0 unspecified atom stereocenters. The largest absolute Gasteiger partial charge is 0.497 e. The number of hydrogen-bond acceptors (Lipinski definition) is 5. The number of methoxy groups -OCH3 is 1. The van der Waals surface area contributed by atoms with Gasteiger partial charge in [0.1, 0.15) is 23.5 Å². The molecule has 0 aromatic carbocycles. The number of nitrogens with zero attached hydrogens (tertiary/aromatic N) is 4. The molecular weight excluding hydrogens is 403 g/mol. The van der Waals surface area contributed by atoms with Gasteiger partial charge in [0, 0.05) is 24.0 Å².